The largest absolute Gasteiger partial charge is 0.481 e. The quantitative estimate of drug-likeness (QED) is 0.0117. The SMILES string of the molecule is CC/C=C\C/C=C\C/C=C\C/C=C\CCCCCCC(=O)OC[C@H](COP(=O)(O)OP(=O)(O)OC[C@H]1O[C@@H](n2ccc(N)nc2=O)[C@H](O)[C@@H]1O)OC(=O)CC/C=C\C/C=C\C/C=C\C/C=C/C=C/C(O)C/C=C\CC. The normalized spacial score (nSPS) is 20.2. The minimum Gasteiger partial charge on any atom is -0.462 e. The molecule has 1 aromatic heterocycles. The summed E-state index contributed by atoms with van der Waals surface area (Å²) in [4.78, 5) is 61.9. The number of ether oxygens (including phenoxy) is 3. The number of hydrogen-bond acceptors (Lipinski definition) is 16. The van der Waals surface area contributed by atoms with E-state index in [4.69, 9.17) is 29.0 Å². The Morgan fingerprint density at radius 2 is 1.27 bits per heavy atom. The lowest BCUT2D eigenvalue weighted by Gasteiger charge is -2.21. The number of rotatable bonds is 40. The highest BCUT2D eigenvalue weighted by molar-refractivity contribution is 7.61. The molecule has 19 nitrogen and oxygen atoms in total. The van der Waals surface area contributed by atoms with Crippen LogP contribution in [0.25, 0.3) is 0 Å². The highest BCUT2D eigenvalue weighted by Gasteiger charge is 2.46. The fourth-order valence-corrected chi connectivity index (χ4v) is 8.82. The van der Waals surface area contributed by atoms with Gasteiger partial charge < -0.3 is 45.1 Å². The van der Waals surface area contributed by atoms with Crippen molar-refractivity contribution < 1.29 is 71.4 Å². The molecule has 0 aliphatic carbocycles. The summed E-state index contributed by atoms with van der Waals surface area (Å²) in [5.74, 6) is -1.47. The van der Waals surface area contributed by atoms with Crippen LogP contribution in [0.5, 0.6) is 0 Å². The van der Waals surface area contributed by atoms with Crippen LogP contribution in [-0.2, 0) is 46.3 Å². The predicted molar refractivity (Wildman–Crippen MR) is 290 cm³/mol. The number of nitrogens with two attached hydrogens (primary N) is 1. The Morgan fingerprint density at radius 3 is 1.89 bits per heavy atom. The molecule has 7 N–H and O–H groups in total. The maximum Gasteiger partial charge on any atom is 0.481 e. The van der Waals surface area contributed by atoms with Gasteiger partial charge in [-0.3, -0.25) is 23.2 Å². The minimum atomic E-state index is -5.46. The van der Waals surface area contributed by atoms with Crippen molar-refractivity contribution in [1.82, 2.24) is 9.55 Å². The molecule has 1 aliphatic rings. The lowest BCUT2D eigenvalue weighted by atomic mass is 10.1. The van der Waals surface area contributed by atoms with Crippen molar-refractivity contribution in [3.8, 4) is 0 Å². The van der Waals surface area contributed by atoms with Crippen molar-refractivity contribution in [1.29, 1.82) is 0 Å². The lowest BCUT2D eigenvalue weighted by molar-refractivity contribution is -0.161. The van der Waals surface area contributed by atoms with Gasteiger partial charge in [0, 0.05) is 19.0 Å². The number of nitrogens with zero attached hydrogens (tertiary/aromatic N) is 2. The van der Waals surface area contributed by atoms with E-state index in [-0.39, 0.29) is 25.1 Å². The molecule has 75 heavy (non-hydrogen) atoms. The van der Waals surface area contributed by atoms with Crippen LogP contribution in [0.3, 0.4) is 0 Å². The van der Waals surface area contributed by atoms with Gasteiger partial charge in [0.1, 0.15) is 30.7 Å². The molecule has 2 rings (SSSR count). The van der Waals surface area contributed by atoms with E-state index in [2.05, 4.69) is 64.8 Å². The molecule has 0 saturated carbocycles. The fourth-order valence-electron chi connectivity index (χ4n) is 6.71. The third kappa shape index (κ3) is 33.0. The van der Waals surface area contributed by atoms with Crippen molar-refractivity contribution in [3.05, 3.63) is 144 Å². The van der Waals surface area contributed by atoms with Crippen LogP contribution in [0.4, 0.5) is 5.82 Å². The number of carbonyl (C=O) groups is 2. The summed E-state index contributed by atoms with van der Waals surface area (Å²) >= 11 is 0. The van der Waals surface area contributed by atoms with Crippen LogP contribution in [-0.4, -0.2) is 96.9 Å². The van der Waals surface area contributed by atoms with Crippen molar-refractivity contribution in [3.63, 3.8) is 0 Å². The second kappa shape index (κ2) is 40.4. The zero-order valence-corrected chi connectivity index (χ0v) is 45.2. The van der Waals surface area contributed by atoms with Crippen LogP contribution in [0.15, 0.2) is 139 Å². The van der Waals surface area contributed by atoms with Gasteiger partial charge in [0.15, 0.2) is 12.3 Å². The molecule has 1 saturated heterocycles. The number of phosphoric acid groups is 2. The Balaban J connectivity index is 1.86. The molecule has 1 aliphatic heterocycles. The summed E-state index contributed by atoms with van der Waals surface area (Å²) in [6.07, 6.45) is 44.8. The standard InChI is InChI=1S/C54H81N3O16P2/c1-3-5-7-8-9-10-11-12-13-14-15-18-21-24-27-30-34-38-49(59)68-42-46(71-50(60)39-35-31-28-25-22-19-16-17-20-23-26-29-33-37-45(58)36-32-6-4-2)43-69-74(64,65)73-75(66,67)70-44-47-51(61)52(62)53(72-47)57-41-40-48(55)56-54(57)63/h5-7,9-10,12-13,15,17-20,22,26,28-29,31-33,37,40-41,45-47,51-53,58,61-62H,3-4,8,11,14,16,21,23-25,27,30,34-36,38-39,42-44H2,1-2H3,(H,64,65)(H,66,67)(H2,55,56,63)/b7-5-,10-9-,13-12-,18-15-,20-17-,22-19-,29-26+,31-28-,32-6-,37-33+/t45?,46-,47-,51-,52-,53-/m1/s1. The molecule has 8 atom stereocenters. The number of hydrogen-bond donors (Lipinski definition) is 6. The highest BCUT2D eigenvalue weighted by Crippen LogP contribution is 2.60. The number of esters is 2. The second-order valence-electron chi connectivity index (χ2n) is 17.1. The van der Waals surface area contributed by atoms with Gasteiger partial charge in [-0.2, -0.15) is 9.29 Å². The zero-order valence-electron chi connectivity index (χ0n) is 43.4. The van der Waals surface area contributed by atoms with Crippen LogP contribution >= 0.6 is 15.6 Å². The number of allylic oxidation sites excluding steroid dienone is 18. The van der Waals surface area contributed by atoms with Gasteiger partial charge in [0.25, 0.3) is 0 Å². The van der Waals surface area contributed by atoms with Crippen molar-refractivity contribution >= 4 is 33.4 Å². The maximum absolute atomic E-state index is 12.9. The average molecular weight is 1090 g/mol. The number of aromatic nitrogens is 2. The monoisotopic (exact) mass is 1090 g/mol. The Kier molecular flexibility index (Phi) is 35.7. The first-order valence-electron chi connectivity index (χ1n) is 25.7. The Bertz CT molecular complexity index is 2250. The smallest absolute Gasteiger partial charge is 0.462 e. The molecular weight excluding hydrogens is 1010 g/mol. The molecule has 2 heterocycles. The first-order valence-corrected chi connectivity index (χ1v) is 28.6. The number of anilines is 1. The molecule has 0 aromatic carbocycles. The van der Waals surface area contributed by atoms with E-state index in [1.165, 1.54) is 6.07 Å². The van der Waals surface area contributed by atoms with E-state index in [9.17, 15) is 48.6 Å². The summed E-state index contributed by atoms with van der Waals surface area (Å²) in [6.45, 7) is 1.72. The van der Waals surface area contributed by atoms with Crippen molar-refractivity contribution in [2.75, 3.05) is 25.6 Å². The Labute approximate surface area is 442 Å². The molecule has 0 bridgehead atoms. The van der Waals surface area contributed by atoms with Gasteiger partial charge in [-0.05, 0) is 89.5 Å². The van der Waals surface area contributed by atoms with Gasteiger partial charge in [0.05, 0.1) is 19.3 Å². The second-order valence-corrected chi connectivity index (χ2v) is 20.1. The topological polar surface area (TPSA) is 286 Å². The molecule has 1 fully saturated rings. The van der Waals surface area contributed by atoms with E-state index in [0.29, 0.717) is 19.3 Å². The van der Waals surface area contributed by atoms with Gasteiger partial charge in [-0.1, -0.05) is 148 Å². The summed E-state index contributed by atoms with van der Waals surface area (Å²) in [5.41, 5.74) is 4.57. The molecule has 0 radical (unpaired) electrons. The fraction of sp³-hybridized carbons (Fsp3) is 0.519. The third-order valence-corrected chi connectivity index (χ3v) is 13.2. The summed E-state index contributed by atoms with van der Waals surface area (Å²) in [7, 11) is -10.9. The average Bonchev–Trinajstić information content (AvgIpc) is 3.64. The number of carbonyl (C=O) groups excluding carboxylic acids is 2. The van der Waals surface area contributed by atoms with E-state index < -0.39 is 89.8 Å². The minimum absolute atomic E-state index is 0.0673. The van der Waals surface area contributed by atoms with E-state index in [0.717, 1.165) is 81.4 Å². The van der Waals surface area contributed by atoms with Gasteiger partial charge >= 0.3 is 33.3 Å². The van der Waals surface area contributed by atoms with E-state index in [1.54, 1.807) is 12.2 Å². The molecular formula is C54H81N3O16P2. The number of nitrogen functional groups attached to an aromatic ring is 1. The van der Waals surface area contributed by atoms with Crippen molar-refractivity contribution in [2.45, 2.75) is 160 Å². The molecule has 0 spiro atoms. The van der Waals surface area contributed by atoms with Crippen LogP contribution in [0, 0.1) is 0 Å². The number of aliphatic hydroxyl groups excluding tert-OH is 3. The van der Waals surface area contributed by atoms with E-state index in [1.807, 2.05) is 67.7 Å². The highest BCUT2D eigenvalue weighted by atomic mass is 31.3. The third-order valence-electron chi connectivity index (χ3n) is 10.6. The van der Waals surface area contributed by atoms with Gasteiger partial charge in [0.2, 0.25) is 0 Å². The van der Waals surface area contributed by atoms with Crippen molar-refractivity contribution in [2.24, 2.45) is 0 Å². The Morgan fingerprint density at radius 1 is 0.707 bits per heavy atom. The van der Waals surface area contributed by atoms with Gasteiger partial charge in [-0.25, -0.2) is 13.9 Å². The summed E-state index contributed by atoms with van der Waals surface area (Å²) in [5, 5.41) is 30.8. The van der Waals surface area contributed by atoms with Crippen LogP contribution < -0.4 is 11.4 Å². The summed E-state index contributed by atoms with van der Waals surface area (Å²) in [6, 6.07) is 1.24. The zero-order chi connectivity index (χ0) is 55.0. The molecule has 418 valence electrons. The molecule has 1 aromatic rings. The summed E-state index contributed by atoms with van der Waals surface area (Å²) < 4.78 is 56.7. The van der Waals surface area contributed by atoms with Crippen LogP contribution in [0.1, 0.15) is 129 Å². The van der Waals surface area contributed by atoms with Gasteiger partial charge in [-0.15, -0.1) is 0 Å². The first-order chi connectivity index (χ1) is 36.1. The molecule has 3 unspecified atom stereocenters. The number of phosphoric ester groups is 2. The number of aliphatic hydroxyl groups is 3. The van der Waals surface area contributed by atoms with E-state index >= 15 is 0 Å². The number of unbranched alkanes of at least 4 members (excludes halogenated alkanes) is 4. The predicted octanol–water partition coefficient (Wildman–Crippen LogP) is 9.74. The lowest BCUT2D eigenvalue weighted by Crippen LogP contribution is -2.36. The maximum atomic E-state index is 12.9. The molecule has 21 heteroatoms. The molecule has 0 amide bonds. The Hall–Kier alpha value is -4.88. The van der Waals surface area contributed by atoms with Crippen LogP contribution in [0.2, 0.25) is 0 Å². The first kappa shape index (κ1) is 66.2.